The van der Waals surface area contributed by atoms with Crippen molar-refractivity contribution in [3.05, 3.63) is 267 Å². The minimum Gasteiger partial charge on any atom is -0.310 e. The third-order valence-corrected chi connectivity index (χ3v) is 13.7. The molecule has 0 amide bonds. The Morgan fingerprint density at radius 1 is 0.265 bits per heavy atom. The smallest absolute Gasteiger partial charge is 0.0547 e. The fraction of sp³-hybridized carbons (Fsp3) is 0. The van der Waals surface area contributed by atoms with Crippen molar-refractivity contribution in [1.29, 1.82) is 0 Å². The number of rotatable bonds is 8. The van der Waals surface area contributed by atoms with Crippen LogP contribution in [0.3, 0.4) is 0 Å². The van der Waals surface area contributed by atoms with Gasteiger partial charge < -0.3 is 9.47 Å². The summed E-state index contributed by atoms with van der Waals surface area (Å²) in [6.07, 6.45) is 0. The number of aromatic nitrogens is 1. The summed E-state index contributed by atoms with van der Waals surface area (Å²) in [7, 11) is 0. The van der Waals surface area contributed by atoms with E-state index in [1.807, 2.05) is 0 Å². The predicted molar refractivity (Wildman–Crippen MR) is 290 cm³/mol. The van der Waals surface area contributed by atoms with Crippen LogP contribution in [0.4, 0.5) is 17.1 Å². The van der Waals surface area contributed by atoms with Crippen LogP contribution in [0.1, 0.15) is 0 Å². The Labute approximate surface area is 395 Å². The van der Waals surface area contributed by atoms with Gasteiger partial charge in [0.15, 0.2) is 0 Å². The van der Waals surface area contributed by atoms with Crippen molar-refractivity contribution < 1.29 is 0 Å². The maximum absolute atomic E-state index is 2.46. The van der Waals surface area contributed by atoms with Gasteiger partial charge in [0.2, 0.25) is 0 Å². The molecular weight excluding hydrogens is 821 g/mol. The fourth-order valence-corrected chi connectivity index (χ4v) is 10.6. The summed E-state index contributed by atoms with van der Waals surface area (Å²) >= 11 is 0. The van der Waals surface area contributed by atoms with E-state index in [1.165, 1.54) is 87.5 Å². The molecule has 0 saturated carbocycles. The maximum atomic E-state index is 2.46. The predicted octanol–water partition coefficient (Wildman–Crippen LogP) is 18.4. The highest BCUT2D eigenvalue weighted by Crippen LogP contribution is 2.46. The van der Waals surface area contributed by atoms with Crippen LogP contribution in [0.2, 0.25) is 0 Å². The Bertz CT molecular complexity index is 3940. The first-order chi connectivity index (χ1) is 33.7. The fourth-order valence-electron chi connectivity index (χ4n) is 10.6. The molecule has 318 valence electrons. The highest BCUT2D eigenvalue weighted by molar-refractivity contribution is 6.25. The molecule has 2 nitrogen and oxygen atoms in total. The zero-order valence-corrected chi connectivity index (χ0v) is 37.3. The van der Waals surface area contributed by atoms with Crippen LogP contribution in [0.25, 0.3) is 104 Å². The summed E-state index contributed by atoms with van der Waals surface area (Å²) in [5, 5.41) is 9.88. The molecule has 13 rings (SSSR count). The second kappa shape index (κ2) is 16.5. The number of benzene rings is 12. The van der Waals surface area contributed by atoms with Crippen molar-refractivity contribution in [2.45, 2.75) is 0 Å². The van der Waals surface area contributed by atoms with E-state index in [4.69, 9.17) is 0 Å². The van der Waals surface area contributed by atoms with Gasteiger partial charge in [-0.2, -0.15) is 0 Å². The van der Waals surface area contributed by atoms with Crippen LogP contribution in [-0.2, 0) is 0 Å². The lowest BCUT2D eigenvalue weighted by molar-refractivity contribution is 1.18. The topological polar surface area (TPSA) is 8.17 Å². The van der Waals surface area contributed by atoms with Crippen molar-refractivity contribution >= 4 is 71.2 Å². The molecule has 1 heterocycles. The maximum Gasteiger partial charge on any atom is 0.0547 e. The van der Waals surface area contributed by atoms with Crippen molar-refractivity contribution in [3.8, 4) is 50.2 Å². The number of para-hydroxylation sites is 1. The first-order valence-electron chi connectivity index (χ1n) is 23.4. The molecule has 0 atom stereocenters. The van der Waals surface area contributed by atoms with Crippen molar-refractivity contribution in [3.63, 3.8) is 0 Å². The van der Waals surface area contributed by atoms with Gasteiger partial charge in [-0.15, -0.1) is 0 Å². The first-order valence-corrected chi connectivity index (χ1v) is 23.4. The minimum absolute atomic E-state index is 1.08. The number of nitrogens with zero attached hydrogens (tertiary/aromatic N) is 2. The van der Waals surface area contributed by atoms with E-state index in [1.54, 1.807) is 0 Å². The lowest BCUT2D eigenvalue weighted by atomic mass is 9.93. The number of fused-ring (bicyclic) bond motifs is 8. The van der Waals surface area contributed by atoms with E-state index in [9.17, 15) is 0 Å². The molecule has 13 aromatic rings. The second-order valence-corrected chi connectivity index (χ2v) is 17.7. The van der Waals surface area contributed by atoms with E-state index in [-0.39, 0.29) is 0 Å². The molecule has 0 aliphatic heterocycles. The van der Waals surface area contributed by atoms with Crippen LogP contribution < -0.4 is 4.90 Å². The van der Waals surface area contributed by atoms with Gasteiger partial charge in [0.05, 0.1) is 16.7 Å². The Hall–Kier alpha value is -8.98. The average Bonchev–Trinajstić information content (AvgIpc) is 3.77. The molecule has 0 fully saturated rings. The van der Waals surface area contributed by atoms with Gasteiger partial charge in [-0.1, -0.05) is 194 Å². The SMILES string of the molecule is c1ccc(-c2cc(-c3ccccc3)cc(-c3ccc(N(c4cccc(-c5cccc6c5c5c7ccccc7ccc5n6-c5ccccc5)c4)c4cc5ccccc5c5ccccc45)cc3)c2)cc1. The van der Waals surface area contributed by atoms with Gasteiger partial charge in [0.1, 0.15) is 0 Å². The molecule has 0 radical (unpaired) electrons. The summed E-state index contributed by atoms with van der Waals surface area (Å²) < 4.78 is 2.43. The Balaban J connectivity index is 1.02. The van der Waals surface area contributed by atoms with Crippen molar-refractivity contribution in [2.24, 2.45) is 0 Å². The molecule has 12 aromatic carbocycles. The minimum atomic E-state index is 1.08. The van der Waals surface area contributed by atoms with Crippen LogP contribution in [0.15, 0.2) is 267 Å². The van der Waals surface area contributed by atoms with E-state index in [0.29, 0.717) is 0 Å². The summed E-state index contributed by atoms with van der Waals surface area (Å²) in [5.74, 6) is 0. The van der Waals surface area contributed by atoms with E-state index in [2.05, 4.69) is 276 Å². The lowest BCUT2D eigenvalue weighted by Crippen LogP contribution is -2.11. The Morgan fingerprint density at radius 3 is 1.49 bits per heavy atom. The molecule has 68 heavy (non-hydrogen) atoms. The summed E-state index contributed by atoms with van der Waals surface area (Å²) in [6, 6.07) is 97.6. The third kappa shape index (κ3) is 6.73. The molecule has 0 unspecified atom stereocenters. The van der Waals surface area contributed by atoms with Gasteiger partial charge in [0.25, 0.3) is 0 Å². The summed E-state index contributed by atoms with van der Waals surface area (Å²) in [4.78, 5) is 2.46. The second-order valence-electron chi connectivity index (χ2n) is 17.7. The third-order valence-electron chi connectivity index (χ3n) is 13.7. The quantitative estimate of drug-likeness (QED) is 0.138. The van der Waals surface area contributed by atoms with Crippen molar-refractivity contribution in [1.82, 2.24) is 4.57 Å². The van der Waals surface area contributed by atoms with Crippen LogP contribution in [0.5, 0.6) is 0 Å². The molecular formula is C66H44N2. The molecule has 0 saturated heterocycles. The normalized spacial score (nSPS) is 11.5. The van der Waals surface area contributed by atoms with Gasteiger partial charge in [-0.05, 0) is 144 Å². The summed E-state index contributed by atoms with van der Waals surface area (Å²) in [6.45, 7) is 0. The largest absolute Gasteiger partial charge is 0.310 e. The number of anilines is 3. The summed E-state index contributed by atoms with van der Waals surface area (Å²) in [5.41, 5.74) is 16.3. The highest BCUT2D eigenvalue weighted by Gasteiger charge is 2.22. The molecule has 0 N–H and O–H groups in total. The molecule has 0 aliphatic rings. The number of hydrogen-bond acceptors (Lipinski definition) is 1. The van der Waals surface area contributed by atoms with Gasteiger partial charge in [-0.3, -0.25) is 0 Å². The molecule has 2 heteroatoms. The zero-order valence-electron chi connectivity index (χ0n) is 37.3. The van der Waals surface area contributed by atoms with E-state index in [0.717, 1.165) is 33.9 Å². The highest BCUT2D eigenvalue weighted by atomic mass is 15.1. The first kappa shape index (κ1) is 39.4. The monoisotopic (exact) mass is 864 g/mol. The number of hydrogen-bond donors (Lipinski definition) is 0. The lowest BCUT2D eigenvalue weighted by Gasteiger charge is -2.28. The molecule has 0 bridgehead atoms. The van der Waals surface area contributed by atoms with Crippen LogP contribution >= 0.6 is 0 Å². The Morgan fingerprint density at radius 2 is 0.794 bits per heavy atom. The molecule has 1 aromatic heterocycles. The van der Waals surface area contributed by atoms with Gasteiger partial charge in [0, 0.05) is 33.2 Å². The van der Waals surface area contributed by atoms with Gasteiger partial charge in [-0.25, -0.2) is 0 Å². The van der Waals surface area contributed by atoms with E-state index >= 15 is 0 Å². The molecule has 0 aliphatic carbocycles. The van der Waals surface area contributed by atoms with Crippen LogP contribution in [0, 0.1) is 0 Å². The van der Waals surface area contributed by atoms with Gasteiger partial charge >= 0.3 is 0 Å². The van der Waals surface area contributed by atoms with Crippen LogP contribution in [-0.4, -0.2) is 4.57 Å². The van der Waals surface area contributed by atoms with Crippen molar-refractivity contribution in [2.75, 3.05) is 4.90 Å². The zero-order chi connectivity index (χ0) is 45.0. The Kier molecular flexibility index (Phi) is 9.54. The average molecular weight is 865 g/mol. The standard InChI is InChI=1S/C66H44N2/c1-4-18-45(19-5-1)51-40-52(46-20-6-2-7-21-46)42-53(41-51)47-34-37-55(38-35-47)67(64-44-50-23-11-12-28-57(50)60-30-14-15-31-61(60)64)56-27-16-24-49(43-56)59-32-17-33-62-66(59)65-58-29-13-10-22-48(58)36-39-63(65)68(62)54-25-8-3-9-26-54/h1-44H. The molecule has 0 spiro atoms. The van der Waals surface area contributed by atoms with E-state index < -0.39 is 0 Å².